The minimum Gasteiger partial charge on any atom is -0.477 e. The van der Waals surface area contributed by atoms with Crippen molar-refractivity contribution >= 4 is 34.9 Å². The Balaban J connectivity index is 2.10. The number of nitrogens with one attached hydrogen (secondary N) is 1. The molecule has 0 aliphatic carbocycles. The first-order chi connectivity index (χ1) is 12.3. The number of nitrogens with zero attached hydrogens (tertiary/aromatic N) is 1. The summed E-state index contributed by atoms with van der Waals surface area (Å²) in [5.74, 6) is -2.44. The summed E-state index contributed by atoms with van der Waals surface area (Å²) in [6, 6.07) is 6.99. The fourth-order valence-electron chi connectivity index (χ4n) is 1.95. The normalized spacial score (nSPS) is 10.1. The van der Waals surface area contributed by atoms with E-state index in [4.69, 9.17) is 16.3 Å². The predicted octanol–water partition coefficient (Wildman–Crippen LogP) is 3.19. The predicted molar refractivity (Wildman–Crippen MR) is 90.0 cm³/mol. The zero-order valence-corrected chi connectivity index (χ0v) is 14.1. The van der Waals surface area contributed by atoms with Gasteiger partial charge in [0.05, 0.1) is 23.3 Å². The monoisotopic (exact) mass is 382 g/mol. The lowest BCUT2D eigenvalue weighted by atomic mass is 10.2. The lowest BCUT2D eigenvalue weighted by molar-refractivity contribution is -0.385. The van der Waals surface area contributed by atoms with E-state index < -0.39 is 34.9 Å². The molecule has 0 unspecified atom stereocenters. The lowest BCUT2D eigenvalue weighted by Gasteiger charge is -2.09. The minimum atomic E-state index is -0.768. The van der Waals surface area contributed by atoms with E-state index >= 15 is 0 Å². The fourth-order valence-corrected chi connectivity index (χ4v) is 2.12. The standard InChI is InChI=1S/C16H12ClFN2O6/c1-25-16(22)9-2-5-14(13(6-9)20(23)24)26-8-15(21)19-12-7-10(17)3-4-11(12)18/h2-7H,8H2,1H3,(H,19,21). The highest BCUT2D eigenvalue weighted by atomic mass is 35.5. The summed E-state index contributed by atoms with van der Waals surface area (Å²) in [5, 5.41) is 13.6. The fraction of sp³-hybridized carbons (Fsp3) is 0.125. The highest BCUT2D eigenvalue weighted by Gasteiger charge is 2.20. The summed E-state index contributed by atoms with van der Waals surface area (Å²) in [6.45, 7) is -0.621. The number of amides is 1. The number of hydrogen-bond acceptors (Lipinski definition) is 6. The van der Waals surface area contributed by atoms with Gasteiger partial charge in [0.25, 0.3) is 5.91 Å². The van der Waals surface area contributed by atoms with E-state index in [2.05, 4.69) is 10.1 Å². The number of methoxy groups -OCH3 is 1. The average Bonchev–Trinajstić information content (AvgIpc) is 2.62. The van der Waals surface area contributed by atoms with Gasteiger partial charge in [-0.15, -0.1) is 0 Å². The topological polar surface area (TPSA) is 108 Å². The van der Waals surface area contributed by atoms with Crippen LogP contribution in [0.5, 0.6) is 5.75 Å². The van der Waals surface area contributed by atoms with Crippen molar-refractivity contribution in [3.63, 3.8) is 0 Å². The van der Waals surface area contributed by atoms with Crippen LogP contribution >= 0.6 is 11.6 Å². The van der Waals surface area contributed by atoms with Crippen LogP contribution in [0.1, 0.15) is 10.4 Å². The summed E-state index contributed by atoms with van der Waals surface area (Å²) >= 11 is 5.72. The van der Waals surface area contributed by atoms with Crippen LogP contribution in [0.2, 0.25) is 5.02 Å². The molecule has 0 heterocycles. The van der Waals surface area contributed by atoms with Crippen LogP contribution in [0, 0.1) is 15.9 Å². The van der Waals surface area contributed by atoms with E-state index in [1.165, 1.54) is 18.2 Å². The maximum absolute atomic E-state index is 13.6. The number of ether oxygens (including phenoxy) is 2. The van der Waals surface area contributed by atoms with E-state index in [0.717, 1.165) is 25.3 Å². The molecule has 2 rings (SSSR count). The molecule has 0 spiro atoms. The molecule has 0 saturated carbocycles. The Morgan fingerprint density at radius 2 is 2.00 bits per heavy atom. The third kappa shape index (κ3) is 4.67. The van der Waals surface area contributed by atoms with Crippen molar-refractivity contribution in [1.29, 1.82) is 0 Å². The van der Waals surface area contributed by atoms with Crippen LogP contribution in [-0.4, -0.2) is 30.5 Å². The second-order valence-corrected chi connectivity index (χ2v) is 5.33. The number of nitro benzene ring substituents is 1. The number of hydrogen-bond donors (Lipinski definition) is 1. The maximum atomic E-state index is 13.6. The van der Waals surface area contributed by atoms with Gasteiger partial charge in [0.15, 0.2) is 12.4 Å². The summed E-state index contributed by atoms with van der Waals surface area (Å²) in [6.07, 6.45) is 0. The average molecular weight is 383 g/mol. The molecule has 0 saturated heterocycles. The largest absolute Gasteiger partial charge is 0.477 e. The molecule has 0 atom stereocenters. The van der Waals surface area contributed by atoms with Crippen LogP contribution in [0.15, 0.2) is 36.4 Å². The van der Waals surface area contributed by atoms with Crippen LogP contribution in [-0.2, 0) is 9.53 Å². The molecule has 10 heteroatoms. The first-order valence-corrected chi connectivity index (χ1v) is 7.44. The zero-order valence-electron chi connectivity index (χ0n) is 13.3. The maximum Gasteiger partial charge on any atom is 0.338 e. The van der Waals surface area contributed by atoms with E-state index in [1.54, 1.807) is 0 Å². The van der Waals surface area contributed by atoms with Crippen molar-refractivity contribution < 1.29 is 28.4 Å². The molecule has 2 aromatic carbocycles. The molecule has 2 aromatic rings. The zero-order chi connectivity index (χ0) is 19.3. The quantitative estimate of drug-likeness (QED) is 0.467. The van der Waals surface area contributed by atoms with Crippen molar-refractivity contribution in [2.45, 2.75) is 0 Å². The van der Waals surface area contributed by atoms with Crippen LogP contribution in [0.3, 0.4) is 0 Å². The molecular weight excluding hydrogens is 371 g/mol. The number of rotatable bonds is 6. The third-order valence-corrected chi connectivity index (χ3v) is 3.37. The van der Waals surface area contributed by atoms with E-state index in [1.807, 2.05) is 0 Å². The molecule has 0 fully saturated rings. The summed E-state index contributed by atoms with van der Waals surface area (Å²) in [7, 11) is 1.14. The Labute approximate surface area is 151 Å². The van der Waals surface area contributed by atoms with Crippen molar-refractivity contribution in [2.75, 3.05) is 19.0 Å². The Kier molecular flexibility index (Phi) is 6.07. The van der Waals surface area contributed by atoms with Crippen LogP contribution in [0.25, 0.3) is 0 Å². The first kappa shape index (κ1) is 19.1. The lowest BCUT2D eigenvalue weighted by Crippen LogP contribution is -2.21. The van der Waals surface area contributed by atoms with Crippen molar-refractivity contribution in [1.82, 2.24) is 0 Å². The van der Waals surface area contributed by atoms with Crippen molar-refractivity contribution in [3.05, 3.63) is 62.9 Å². The van der Waals surface area contributed by atoms with Gasteiger partial charge in [0.1, 0.15) is 5.82 Å². The molecule has 8 nitrogen and oxygen atoms in total. The Morgan fingerprint density at radius 3 is 2.65 bits per heavy atom. The van der Waals surface area contributed by atoms with Gasteiger partial charge in [-0.3, -0.25) is 14.9 Å². The molecule has 1 N–H and O–H groups in total. The van der Waals surface area contributed by atoms with E-state index in [0.29, 0.717) is 0 Å². The minimum absolute atomic E-state index is 0.0444. The molecule has 136 valence electrons. The molecule has 0 radical (unpaired) electrons. The van der Waals surface area contributed by atoms with Gasteiger partial charge in [-0.2, -0.15) is 0 Å². The highest BCUT2D eigenvalue weighted by Crippen LogP contribution is 2.28. The number of carbonyl (C=O) groups is 2. The second kappa shape index (κ2) is 8.26. The van der Waals surface area contributed by atoms with E-state index in [9.17, 15) is 24.1 Å². The van der Waals surface area contributed by atoms with Gasteiger partial charge in [0, 0.05) is 11.1 Å². The number of halogens is 2. The summed E-state index contributed by atoms with van der Waals surface area (Å²) in [4.78, 5) is 33.6. The first-order valence-electron chi connectivity index (χ1n) is 7.06. The number of benzene rings is 2. The Hall–Kier alpha value is -3.20. The van der Waals surface area contributed by atoms with Gasteiger partial charge in [-0.1, -0.05) is 11.6 Å². The molecule has 0 aliphatic rings. The number of anilines is 1. The summed E-state index contributed by atoms with van der Waals surface area (Å²) in [5.41, 5.74) is -0.715. The van der Waals surface area contributed by atoms with Crippen LogP contribution in [0.4, 0.5) is 15.8 Å². The van der Waals surface area contributed by atoms with Gasteiger partial charge in [-0.05, 0) is 30.3 Å². The van der Waals surface area contributed by atoms with Crippen LogP contribution < -0.4 is 10.1 Å². The second-order valence-electron chi connectivity index (χ2n) is 4.89. The van der Waals surface area contributed by atoms with Gasteiger partial charge >= 0.3 is 11.7 Å². The number of esters is 1. The van der Waals surface area contributed by atoms with Gasteiger partial charge in [-0.25, -0.2) is 9.18 Å². The molecule has 0 aliphatic heterocycles. The van der Waals surface area contributed by atoms with Crippen molar-refractivity contribution in [3.8, 4) is 5.75 Å². The van der Waals surface area contributed by atoms with Gasteiger partial charge in [0.2, 0.25) is 0 Å². The third-order valence-electron chi connectivity index (χ3n) is 3.14. The molecular formula is C16H12ClFN2O6. The Bertz CT molecular complexity index is 874. The molecule has 26 heavy (non-hydrogen) atoms. The van der Waals surface area contributed by atoms with Gasteiger partial charge < -0.3 is 14.8 Å². The molecule has 1 amide bonds. The molecule has 0 aromatic heterocycles. The van der Waals surface area contributed by atoms with E-state index in [-0.39, 0.29) is 22.0 Å². The smallest absolute Gasteiger partial charge is 0.338 e. The number of nitro groups is 1. The van der Waals surface area contributed by atoms with Crippen molar-refractivity contribution in [2.24, 2.45) is 0 Å². The number of carbonyl (C=O) groups excluding carboxylic acids is 2. The molecule has 0 bridgehead atoms. The Morgan fingerprint density at radius 1 is 1.27 bits per heavy atom. The SMILES string of the molecule is COC(=O)c1ccc(OCC(=O)Nc2cc(Cl)ccc2F)c([N+](=O)[O-])c1. The highest BCUT2D eigenvalue weighted by molar-refractivity contribution is 6.30. The summed E-state index contributed by atoms with van der Waals surface area (Å²) < 4.78 is 23.2.